The molecule has 0 saturated carbocycles. The van der Waals surface area contributed by atoms with Crippen molar-refractivity contribution in [3.05, 3.63) is 29.3 Å². The van der Waals surface area contributed by atoms with E-state index in [1.54, 1.807) is 12.1 Å². The Morgan fingerprint density at radius 3 is 2.50 bits per heavy atom. The number of nitrogens with two attached hydrogens (primary N) is 1. The lowest BCUT2D eigenvalue weighted by Gasteiger charge is -2.09. The second-order valence-electron chi connectivity index (χ2n) is 2.94. The molecular formula is C9H10F3NO. The van der Waals surface area contributed by atoms with Crippen molar-refractivity contribution >= 4 is 5.69 Å². The average molecular weight is 205 g/mol. The maximum atomic E-state index is 11.7. The number of aryl methyl sites for hydroxylation is 1. The summed E-state index contributed by atoms with van der Waals surface area (Å²) in [5, 5.41) is 0. The molecule has 1 aromatic carbocycles. The van der Waals surface area contributed by atoms with Crippen molar-refractivity contribution in [2.45, 2.75) is 19.9 Å². The fourth-order valence-corrected chi connectivity index (χ4v) is 1.01. The SMILES string of the molecule is Cc1ccc(COC(F)(F)F)c(N)c1. The largest absolute Gasteiger partial charge is 0.522 e. The number of hydrogen-bond donors (Lipinski definition) is 1. The summed E-state index contributed by atoms with van der Waals surface area (Å²) in [6.07, 6.45) is -4.61. The van der Waals surface area contributed by atoms with Crippen LogP contribution < -0.4 is 5.73 Å². The maximum Gasteiger partial charge on any atom is 0.522 e. The van der Waals surface area contributed by atoms with Crippen LogP contribution in [0, 0.1) is 6.92 Å². The van der Waals surface area contributed by atoms with E-state index in [2.05, 4.69) is 4.74 Å². The second-order valence-corrected chi connectivity index (χ2v) is 2.94. The number of anilines is 1. The molecular weight excluding hydrogens is 195 g/mol. The molecule has 14 heavy (non-hydrogen) atoms. The van der Waals surface area contributed by atoms with Crippen LogP contribution in [0.2, 0.25) is 0 Å². The van der Waals surface area contributed by atoms with Gasteiger partial charge in [0.25, 0.3) is 0 Å². The fourth-order valence-electron chi connectivity index (χ4n) is 1.01. The molecule has 0 amide bonds. The van der Waals surface area contributed by atoms with E-state index in [1.165, 1.54) is 6.07 Å². The van der Waals surface area contributed by atoms with Gasteiger partial charge in [0, 0.05) is 11.3 Å². The molecule has 0 aromatic heterocycles. The Balaban J connectivity index is 2.68. The van der Waals surface area contributed by atoms with E-state index >= 15 is 0 Å². The van der Waals surface area contributed by atoms with Gasteiger partial charge in [0.15, 0.2) is 0 Å². The van der Waals surface area contributed by atoms with Crippen molar-refractivity contribution in [3.63, 3.8) is 0 Å². The molecule has 0 aliphatic heterocycles. The summed E-state index contributed by atoms with van der Waals surface area (Å²) in [6.45, 7) is 1.26. The van der Waals surface area contributed by atoms with Crippen LogP contribution in [0.15, 0.2) is 18.2 Å². The van der Waals surface area contributed by atoms with Crippen molar-refractivity contribution in [3.8, 4) is 0 Å². The lowest BCUT2D eigenvalue weighted by molar-refractivity contribution is -0.330. The number of ether oxygens (including phenoxy) is 1. The van der Waals surface area contributed by atoms with Gasteiger partial charge in [0.2, 0.25) is 0 Å². The molecule has 0 unspecified atom stereocenters. The first kappa shape index (κ1) is 10.8. The highest BCUT2D eigenvalue weighted by Crippen LogP contribution is 2.21. The van der Waals surface area contributed by atoms with Crippen LogP contribution in [0.3, 0.4) is 0 Å². The minimum absolute atomic E-state index is 0.314. The van der Waals surface area contributed by atoms with Gasteiger partial charge < -0.3 is 5.73 Å². The zero-order chi connectivity index (χ0) is 10.8. The van der Waals surface area contributed by atoms with Crippen molar-refractivity contribution < 1.29 is 17.9 Å². The highest BCUT2D eigenvalue weighted by atomic mass is 19.4. The first-order valence-electron chi connectivity index (χ1n) is 3.94. The topological polar surface area (TPSA) is 35.2 Å². The monoisotopic (exact) mass is 205 g/mol. The average Bonchev–Trinajstić information content (AvgIpc) is 2.00. The minimum Gasteiger partial charge on any atom is -0.398 e. The van der Waals surface area contributed by atoms with Gasteiger partial charge >= 0.3 is 6.36 Å². The first-order valence-corrected chi connectivity index (χ1v) is 3.94. The second kappa shape index (κ2) is 3.88. The Labute approximate surface area is 79.5 Å². The number of nitrogen functional groups attached to an aromatic ring is 1. The standard InChI is InChI=1S/C9H10F3NO/c1-6-2-3-7(8(13)4-6)5-14-9(10,11)12/h2-4H,5,13H2,1H3. The third-order valence-corrected chi connectivity index (χ3v) is 1.69. The van der Waals surface area contributed by atoms with Gasteiger partial charge in [0.05, 0.1) is 6.61 Å². The molecule has 2 nitrogen and oxygen atoms in total. The normalized spacial score (nSPS) is 11.7. The van der Waals surface area contributed by atoms with Gasteiger partial charge in [-0.3, -0.25) is 4.74 Å². The van der Waals surface area contributed by atoms with Crippen molar-refractivity contribution in [1.29, 1.82) is 0 Å². The first-order chi connectivity index (χ1) is 6.38. The molecule has 0 spiro atoms. The lowest BCUT2D eigenvalue weighted by Crippen LogP contribution is -2.13. The Bertz CT molecular complexity index is 322. The molecule has 0 heterocycles. The Morgan fingerprint density at radius 2 is 2.00 bits per heavy atom. The summed E-state index contributed by atoms with van der Waals surface area (Å²) in [6, 6.07) is 4.82. The Hall–Kier alpha value is -1.23. The number of hydrogen-bond acceptors (Lipinski definition) is 2. The van der Waals surface area contributed by atoms with Gasteiger partial charge in [-0.25, -0.2) is 0 Å². The number of halogens is 3. The van der Waals surface area contributed by atoms with Crippen LogP contribution in [0.5, 0.6) is 0 Å². The zero-order valence-corrected chi connectivity index (χ0v) is 7.56. The summed E-state index contributed by atoms with van der Waals surface area (Å²) >= 11 is 0. The van der Waals surface area contributed by atoms with Crippen molar-refractivity contribution in [1.82, 2.24) is 0 Å². The van der Waals surface area contributed by atoms with E-state index < -0.39 is 13.0 Å². The van der Waals surface area contributed by atoms with Gasteiger partial charge in [-0.15, -0.1) is 13.2 Å². The van der Waals surface area contributed by atoms with Gasteiger partial charge in [0.1, 0.15) is 0 Å². The minimum atomic E-state index is -4.61. The third-order valence-electron chi connectivity index (χ3n) is 1.69. The van der Waals surface area contributed by atoms with Crippen LogP contribution in [0.25, 0.3) is 0 Å². The van der Waals surface area contributed by atoms with Crippen LogP contribution >= 0.6 is 0 Å². The number of benzene rings is 1. The van der Waals surface area contributed by atoms with E-state index in [0.29, 0.717) is 11.3 Å². The molecule has 0 fully saturated rings. The van der Waals surface area contributed by atoms with Crippen LogP contribution in [0.4, 0.5) is 18.9 Å². The van der Waals surface area contributed by atoms with E-state index in [0.717, 1.165) is 5.56 Å². The zero-order valence-electron chi connectivity index (χ0n) is 7.56. The summed E-state index contributed by atoms with van der Waals surface area (Å²) in [4.78, 5) is 0. The summed E-state index contributed by atoms with van der Waals surface area (Å²) in [7, 11) is 0. The molecule has 2 N–H and O–H groups in total. The lowest BCUT2D eigenvalue weighted by atomic mass is 10.1. The van der Waals surface area contributed by atoms with Crippen LogP contribution in [0.1, 0.15) is 11.1 Å². The Morgan fingerprint density at radius 1 is 1.36 bits per heavy atom. The molecule has 0 aliphatic carbocycles. The van der Waals surface area contributed by atoms with Gasteiger partial charge in [-0.1, -0.05) is 12.1 Å². The highest BCUT2D eigenvalue weighted by molar-refractivity contribution is 5.48. The molecule has 0 aliphatic rings. The predicted octanol–water partition coefficient (Wildman–Crippen LogP) is 2.61. The van der Waals surface area contributed by atoms with E-state index in [4.69, 9.17) is 5.73 Å². The molecule has 1 rings (SSSR count). The van der Waals surface area contributed by atoms with E-state index in [-0.39, 0.29) is 0 Å². The van der Waals surface area contributed by atoms with Gasteiger partial charge in [-0.2, -0.15) is 0 Å². The fraction of sp³-hybridized carbons (Fsp3) is 0.333. The summed E-state index contributed by atoms with van der Waals surface area (Å²) < 4.78 is 38.7. The van der Waals surface area contributed by atoms with Crippen molar-refractivity contribution in [2.24, 2.45) is 0 Å². The van der Waals surface area contributed by atoms with Gasteiger partial charge in [-0.05, 0) is 18.6 Å². The van der Waals surface area contributed by atoms with Crippen LogP contribution in [-0.2, 0) is 11.3 Å². The van der Waals surface area contributed by atoms with Crippen LogP contribution in [-0.4, -0.2) is 6.36 Å². The molecule has 0 atom stereocenters. The molecule has 78 valence electrons. The van der Waals surface area contributed by atoms with E-state index in [1.807, 2.05) is 6.92 Å². The number of rotatable bonds is 2. The van der Waals surface area contributed by atoms with E-state index in [9.17, 15) is 13.2 Å². The quantitative estimate of drug-likeness (QED) is 0.753. The Kier molecular flexibility index (Phi) is 3.00. The smallest absolute Gasteiger partial charge is 0.398 e. The summed E-state index contributed by atoms with van der Waals surface area (Å²) in [5.74, 6) is 0. The molecule has 1 aromatic rings. The predicted molar refractivity (Wildman–Crippen MR) is 46.4 cm³/mol. The summed E-state index contributed by atoms with van der Waals surface area (Å²) in [5.41, 5.74) is 7.06. The van der Waals surface area contributed by atoms with Crippen molar-refractivity contribution in [2.75, 3.05) is 5.73 Å². The molecule has 0 bridgehead atoms. The molecule has 0 radical (unpaired) electrons. The maximum absolute atomic E-state index is 11.7. The molecule has 0 saturated heterocycles. The highest BCUT2D eigenvalue weighted by Gasteiger charge is 2.29. The third kappa shape index (κ3) is 3.26. The molecule has 5 heteroatoms. The number of alkyl halides is 3.